The molecule has 1 N–H and O–H groups in total. The molecular weight excluding hydrogens is 264 g/mol. The molecule has 7 nitrogen and oxygen atoms in total. The van der Waals surface area contributed by atoms with Gasteiger partial charge < -0.3 is 10.0 Å². The average Bonchev–Trinajstić information content (AvgIpc) is 2.85. The van der Waals surface area contributed by atoms with Crippen LogP contribution < -0.4 is 0 Å². The molecule has 106 valence electrons. The van der Waals surface area contributed by atoms with Crippen LogP contribution in [-0.2, 0) is 4.79 Å². The molecule has 1 amide bonds. The van der Waals surface area contributed by atoms with Gasteiger partial charge in [0.15, 0.2) is 0 Å². The second-order valence-corrected chi connectivity index (χ2v) is 4.78. The minimum Gasteiger partial charge on any atom is -0.481 e. The van der Waals surface area contributed by atoms with Crippen LogP contribution >= 0.6 is 0 Å². The minimum atomic E-state index is -0.894. The molecule has 1 atom stereocenters. The lowest BCUT2D eigenvalue weighted by molar-refractivity contribution is -0.385. The van der Waals surface area contributed by atoms with Crippen molar-refractivity contribution in [2.45, 2.75) is 12.8 Å². The Kier molecular flexibility index (Phi) is 3.97. The lowest BCUT2D eigenvalue weighted by Gasteiger charge is -2.16. The smallest absolute Gasteiger partial charge is 0.303 e. The van der Waals surface area contributed by atoms with Crippen molar-refractivity contribution in [2.75, 3.05) is 13.1 Å². The molecule has 1 aliphatic heterocycles. The number of likely N-dealkylation sites (tertiary alicyclic amines) is 1. The van der Waals surface area contributed by atoms with Crippen LogP contribution in [0.25, 0.3) is 0 Å². The van der Waals surface area contributed by atoms with Crippen LogP contribution in [-0.4, -0.2) is 39.9 Å². The average molecular weight is 278 g/mol. The van der Waals surface area contributed by atoms with E-state index in [-0.39, 0.29) is 23.6 Å². The number of carbonyl (C=O) groups excluding carboxylic acids is 1. The number of nitro groups is 1. The number of nitrogens with zero attached hydrogens (tertiary/aromatic N) is 2. The third-order valence-electron chi connectivity index (χ3n) is 3.37. The molecule has 0 spiro atoms. The first-order valence-corrected chi connectivity index (χ1v) is 6.23. The quantitative estimate of drug-likeness (QED) is 0.664. The van der Waals surface area contributed by atoms with Gasteiger partial charge in [-0.25, -0.2) is 0 Å². The molecule has 1 saturated heterocycles. The molecule has 1 heterocycles. The van der Waals surface area contributed by atoms with Crippen LogP contribution in [0, 0.1) is 16.0 Å². The van der Waals surface area contributed by atoms with Gasteiger partial charge in [0.25, 0.3) is 11.6 Å². The predicted octanol–water partition coefficient (Wildman–Crippen LogP) is 1.53. The Bertz CT molecular complexity index is 557. The highest BCUT2D eigenvalue weighted by molar-refractivity contribution is 5.98. The van der Waals surface area contributed by atoms with Gasteiger partial charge in [-0.15, -0.1) is 0 Å². The SMILES string of the molecule is O=C(O)CC1CCN(C(=O)c2ccccc2[N+](=O)[O-])C1. The molecule has 1 unspecified atom stereocenters. The predicted molar refractivity (Wildman–Crippen MR) is 69.4 cm³/mol. The fourth-order valence-corrected chi connectivity index (χ4v) is 2.41. The first kappa shape index (κ1) is 14.0. The first-order chi connectivity index (χ1) is 9.49. The van der Waals surface area contributed by atoms with Crippen LogP contribution in [0.15, 0.2) is 24.3 Å². The number of para-hydroxylation sites is 1. The number of carbonyl (C=O) groups is 2. The molecule has 0 aliphatic carbocycles. The fourth-order valence-electron chi connectivity index (χ4n) is 2.41. The number of benzene rings is 1. The number of rotatable bonds is 4. The van der Waals surface area contributed by atoms with Crippen molar-refractivity contribution < 1.29 is 19.6 Å². The van der Waals surface area contributed by atoms with E-state index in [0.29, 0.717) is 19.5 Å². The molecular formula is C13H14N2O5. The van der Waals surface area contributed by atoms with Gasteiger partial charge in [0, 0.05) is 25.6 Å². The van der Waals surface area contributed by atoms with Crippen molar-refractivity contribution in [3.8, 4) is 0 Å². The summed E-state index contributed by atoms with van der Waals surface area (Å²) in [5.74, 6) is -1.39. The number of nitro benzene ring substituents is 1. The Hall–Kier alpha value is -2.44. The maximum atomic E-state index is 12.3. The number of hydrogen-bond donors (Lipinski definition) is 1. The second kappa shape index (κ2) is 5.68. The highest BCUT2D eigenvalue weighted by Gasteiger charge is 2.31. The summed E-state index contributed by atoms with van der Waals surface area (Å²) in [6.45, 7) is 0.764. The third kappa shape index (κ3) is 2.93. The molecule has 1 aliphatic rings. The van der Waals surface area contributed by atoms with Gasteiger partial charge in [-0.1, -0.05) is 12.1 Å². The highest BCUT2D eigenvalue weighted by atomic mass is 16.6. The normalized spacial score (nSPS) is 18.0. The Balaban J connectivity index is 2.13. The zero-order chi connectivity index (χ0) is 14.7. The molecule has 1 aromatic rings. The van der Waals surface area contributed by atoms with Crippen LogP contribution in [0.1, 0.15) is 23.2 Å². The Labute approximate surface area is 115 Å². The van der Waals surface area contributed by atoms with E-state index in [1.54, 1.807) is 6.07 Å². The summed E-state index contributed by atoms with van der Waals surface area (Å²) in [5.41, 5.74) is -0.173. The summed E-state index contributed by atoms with van der Waals surface area (Å²) in [4.78, 5) is 34.7. The molecule has 0 radical (unpaired) electrons. The van der Waals surface area contributed by atoms with E-state index < -0.39 is 16.8 Å². The van der Waals surface area contributed by atoms with Gasteiger partial charge in [-0.3, -0.25) is 19.7 Å². The van der Waals surface area contributed by atoms with Crippen molar-refractivity contribution in [1.82, 2.24) is 4.90 Å². The van der Waals surface area contributed by atoms with Crippen LogP contribution in [0.2, 0.25) is 0 Å². The van der Waals surface area contributed by atoms with Crippen LogP contribution in [0.4, 0.5) is 5.69 Å². The molecule has 0 saturated carbocycles. The van der Waals surface area contributed by atoms with E-state index in [2.05, 4.69) is 0 Å². The summed E-state index contributed by atoms with van der Waals surface area (Å²) in [6, 6.07) is 5.79. The number of carboxylic acids is 1. The van der Waals surface area contributed by atoms with Crippen molar-refractivity contribution in [3.05, 3.63) is 39.9 Å². The molecule has 1 fully saturated rings. The first-order valence-electron chi connectivity index (χ1n) is 6.23. The van der Waals surface area contributed by atoms with Gasteiger partial charge in [-0.05, 0) is 18.4 Å². The van der Waals surface area contributed by atoms with Crippen molar-refractivity contribution >= 4 is 17.6 Å². The molecule has 2 rings (SSSR count). The standard InChI is InChI=1S/C13H14N2O5/c16-12(17)7-9-5-6-14(8-9)13(18)10-3-1-2-4-11(10)15(19)20/h1-4,9H,5-8H2,(H,16,17). The van der Waals surface area contributed by atoms with Gasteiger partial charge in [-0.2, -0.15) is 0 Å². The van der Waals surface area contributed by atoms with Crippen LogP contribution in [0.3, 0.4) is 0 Å². The third-order valence-corrected chi connectivity index (χ3v) is 3.37. The summed E-state index contributed by atoms with van der Waals surface area (Å²) in [7, 11) is 0. The topological polar surface area (TPSA) is 101 Å². The monoisotopic (exact) mass is 278 g/mol. The number of amides is 1. The van der Waals surface area contributed by atoms with Gasteiger partial charge >= 0.3 is 5.97 Å². The summed E-state index contributed by atoms with van der Waals surface area (Å²) >= 11 is 0. The van der Waals surface area contributed by atoms with E-state index in [1.165, 1.54) is 23.1 Å². The number of aliphatic carboxylic acids is 1. The summed E-state index contributed by atoms with van der Waals surface area (Å²) in [6.07, 6.45) is 0.624. The van der Waals surface area contributed by atoms with Crippen LogP contribution in [0.5, 0.6) is 0 Å². The lowest BCUT2D eigenvalue weighted by atomic mass is 10.1. The zero-order valence-electron chi connectivity index (χ0n) is 10.7. The van der Waals surface area contributed by atoms with Gasteiger partial charge in [0.05, 0.1) is 4.92 Å². The van der Waals surface area contributed by atoms with E-state index >= 15 is 0 Å². The molecule has 1 aromatic carbocycles. The van der Waals surface area contributed by atoms with E-state index in [9.17, 15) is 19.7 Å². The fraction of sp³-hybridized carbons (Fsp3) is 0.385. The van der Waals surface area contributed by atoms with Gasteiger partial charge in [0.1, 0.15) is 5.56 Å². The minimum absolute atomic E-state index is 0.0145. The van der Waals surface area contributed by atoms with Crippen molar-refractivity contribution in [2.24, 2.45) is 5.92 Å². The highest BCUT2D eigenvalue weighted by Crippen LogP contribution is 2.25. The van der Waals surface area contributed by atoms with Gasteiger partial charge in [0.2, 0.25) is 0 Å². The molecule has 20 heavy (non-hydrogen) atoms. The summed E-state index contributed by atoms with van der Waals surface area (Å²) < 4.78 is 0. The maximum absolute atomic E-state index is 12.3. The molecule has 7 heteroatoms. The van der Waals surface area contributed by atoms with Crippen molar-refractivity contribution in [3.63, 3.8) is 0 Å². The zero-order valence-corrected chi connectivity index (χ0v) is 10.7. The number of carboxylic acid groups (broad SMARTS) is 1. The number of hydrogen-bond acceptors (Lipinski definition) is 4. The molecule has 0 bridgehead atoms. The van der Waals surface area contributed by atoms with E-state index in [4.69, 9.17) is 5.11 Å². The lowest BCUT2D eigenvalue weighted by Crippen LogP contribution is -2.29. The Morgan fingerprint density at radius 3 is 2.75 bits per heavy atom. The van der Waals surface area contributed by atoms with Crippen molar-refractivity contribution in [1.29, 1.82) is 0 Å². The summed E-state index contributed by atoms with van der Waals surface area (Å²) in [5, 5.41) is 19.6. The Morgan fingerprint density at radius 1 is 1.40 bits per heavy atom. The second-order valence-electron chi connectivity index (χ2n) is 4.78. The van der Waals surface area contributed by atoms with E-state index in [0.717, 1.165) is 0 Å². The maximum Gasteiger partial charge on any atom is 0.303 e. The van der Waals surface area contributed by atoms with E-state index in [1.807, 2.05) is 0 Å². The Morgan fingerprint density at radius 2 is 2.10 bits per heavy atom. The molecule has 0 aromatic heterocycles. The largest absolute Gasteiger partial charge is 0.481 e.